The van der Waals surface area contributed by atoms with Crippen molar-refractivity contribution in [3.8, 4) is 17.1 Å². The summed E-state index contributed by atoms with van der Waals surface area (Å²) in [4.78, 5) is 33.8. The molecule has 6 heteroatoms. The third-order valence-electron chi connectivity index (χ3n) is 4.15. The summed E-state index contributed by atoms with van der Waals surface area (Å²) in [5.74, 6) is -0.445. The van der Waals surface area contributed by atoms with Gasteiger partial charge in [-0.05, 0) is 23.9 Å². The van der Waals surface area contributed by atoms with E-state index >= 15 is 0 Å². The van der Waals surface area contributed by atoms with Crippen LogP contribution in [0.4, 0.5) is 0 Å². The zero-order valence-corrected chi connectivity index (χ0v) is 16.6. The Balaban J connectivity index is 1.66. The lowest BCUT2D eigenvalue weighted by Gasteiger charge is -2.08. The maximum absolute atomic E-state index is 12.6. The smallest absolute Gasteiger partial charge is 0.344 e. The summed E-state index contributed by atoms with van der Waals surface area (Å²) in [6.07, 6.45) is 0. The van der Waals surface area contributed by atoms with Gasteiger partial charge >= 0.3 is 5.97 Å². The van der Waals surface area contributed by atoms with Gasteiger partial charge in [-0.15, -0.1) is 0 Å². The number of hydrogen-bond acceptors (Lipinski definition) is 6. The molecule has 0 spiro atoms. The average molecular weight is 412 g/mol. The predicted octanol–water partition coefficient (Wildman–Crippen LogP) is 5.30. The normalized spacial score (nSPS) is 10.4. The molecule has 0 aliphatic rings. The van der Waals surface area contributed by atoms with E-state index in [4.69, 9.17) is 4.74 Å². The molecule has 0 saturated heterocycles. The first-order valence-electron chi connectivity index (χ1n) is 9.18. The highest BCUT2D eigenvalue weighted by molar-refractivity contribution is 8.14. The van der Waals surface area contributed by atoms with Crippen LogP contribution in [-0.4, -0.2) is 21.1 Å². The lowest BCUT2D eigenvalue weighted by Crippen LogP contribution is -2.10. The Labute approximate surface area is 177 Å². The van der Waals surface area contributed by atoms with Gasteiger partial charge in [0.15, 0.2) is 5.16 Å². The third-order valence-corrected chi connectivity index (χ3v) is 4.94. The maximum Gasteiger partial charge on any atom is 0.344 e. The molecular formula is C24H16N2O3S. The maximum atomic E-state index is 12.6. The number of aromatic nitrogens is 2. The third kappa shape index (κ3) is 4.79. The number of carbonyl (C=O) groups is 2. The number of hydrogen-bond donors (Lipinski definition) is 0. The minimum absolute atomic E-state index is 0.0843. The van der Waals surface area contributed by atoms with Crippen LogP contribution in [0.3, 0.4) is 0 Å². The molecule has 4 aromatic rings. The van der Waals surface area contributed by atoms with Crippen molar-refractivity contribution >= 4 is 22.8 Å². The quantitative estimate of drug-likeness (QED) is 0.252. The van der Waals surface area contributed by atoms with Crippen LogP contribution >= 0.6 is 11.8 Å². The Morgan fingerprint density at radius 2 is 1.27 bits per heavy atom. The lowest BCUT2D eigenvalue weighted by molar-refractivity contribution is 0.0726. The molecule has 0 atom stereocenters. The minimum Gasteiger partial charge on any atom is -0.404 e. The molecule has 3 aromatic carbocycles. The number of thioether (sulfide) groups is 1. The molecule has 30 heavy (non-hydrogen) atoms. The van der Waals surface area contributed by atoms with Crippen molar-refractivity contribution in [3.63, 3.8) is 0 Å². The van der Waals surface area contributed by atoms with Crippen molar-refractivity contribution in [3.05, 3.63) is 108 Å². The fraction of sp³-hybridized carbons (Fsp3) is 0. The summed E-state index contributed by atoms with van der Waals surface area (Å²) < 4.78 is 5.48. The lowest BCUT2D eigenvalue weighted by atomic mass is 10.1. The number of benzene rings is 3. The summed E-state index contributed by atoms with van der Waals surface area (Å²) in [7, 11) is 0. The number of nitrogens with zero attached hydrogens (tertiary/aromatic N) is 2. The van der Waals surface area contributed by atoms with E-state index in [1.165, 1.54) is 0 Å². The van der Waals surface area contributed by atoms with Crippen molar-refractivity contribution in [2.45, 2.75) is 5.16 Å². The Kier molecular flexibility index (Phi) is 5.96. The van der Waals surface area contributed by atoms with Gasteiger partial charge in [0.1, 0.15) is 0 Å². The van der Waals surface area contributed by atoms with E-state index in [0.717, 1.165) is 17.3 Å². The first kappa shape index (κ1) is 19.5. The van der Waals surface area contributed by atoms with Gasteiger partial charge < -0.3 is 4.74 Å². The summed E-state index contributed by atoms with van der Waals surface area (Å²) in [6, 6.07) is 28.6. The molecule has 146 valence electrons. The number of ether oxygens (including phenoxy) is 1. The van der Waals surface area contributed by atoms with Crippen LogP contribution < -0.4 is 4.74 Å². The molecule has 0 radical (unpaired) electrons. The van der Waals surface area contributed by atoms with Gasteiger partial charge in [0.2, 0.25) is 11.0 Å². The molecular weight excluding hydrogens is 396 g/mol. The molecule has 0 amide bonds. The molecule has 0 bridgehead atoms. The minimum atomic E-state index is -0.529. The Bertz CT molecular complexity index is 1100. The Morgan fingerprint density at radius 1 is 0.700 bits per heavy atom. The molecule has 0 saturated carbocycles. The van der Waals surface area contributed by atoms with Crippen LogP contribution in [0.15, 0.2) is 102 Å². The second kappa shape index (κ2) is 9.15. The highest BCUT2D eigenvalue weighted by Gasteiger charge is 2.16. The molecule has 1 aromatic heterocycles. The fourth-order valence-corrected chi connectivity index (χ4v) is 3.40. The van der Waals surface area contributed by atoms with Gasteiger partial charge in [-0.1, -0.05) is 78.9 Å². The van der Waals surface area contributed by atoms with Crippen LogP contribution in [0.1, 0.15) is 20.7 Å². The van der Waals surface area contributed by atoms with Gasteiger partial charge in [0.25, 0.3) is 0 Å². The second-order valence-electron chi connectivity index (χ2n) is 6.25. The van der Waals surface area contributed by atoms with Crippen molar-refractivity contribution in [1.82, 2.24) is 9.97 Å². The van der Waals surface area contributed by atoms with E-state index in [-0.39, 0.29) is 16.2 Å². The summed E-state index contributed by atoms with van der Waals surface area (Å²) in [6.45, 7) is 0. The standard InChI is InChI=1S/C24H16N2O3S/c27-22(18-12-6-2-7-13-18)29-21-16-20(17-10-4-1-5-11-17)25-24(26-21)30-23(28)19-14-8-3-9-15-19/h1-16H. The monoisotopic (exact) mass is 412 g/mol. The van der Waals surface area contributed by atoms with Gasteiger partial charge in [0.05, 0.1) is 11.3 Å². The molecule has 0 fully saturated rings. The van der Waals surface area contributed by atoms with Crippen LogP contribution in [0, 0.1) is 0 Å². The molecule has 0 aliphatic carbocycles. The van der Waals surface area contributed by atoms with E-state index in [0.29, 0.717) is 16.8 Å². The van der Waals surface area contributed by atoms with Crippen molar-refractivity contribution in [2.75, 3.05) is 0 Å². The topological polar surface area (TPSA) is 69.2 Å². The molecule has 0 aliphatic heterocycles. The van der Waals surface area contributed by atoms with Crippen molar-refractivity contribution in [1.29, 1.82) is 0 Å². The van der Waals surface area contributed by atoms with E-state index in [9.17, 15) is 9.59 Å². The SMILES string of the molecule is O=C(Oc1cc(-c2ccccc2)nc(SC(=O)c2ccccc2)n1)c1ccccc1. The first-order valence-corrected chi connectivity index (χ1v) is 10.00. The van der Waals surface area contributed by atoms with E-state index in [2.05, 4.69) is 9.97 Å². The molecule has 0 N–H and O–H groups in total. The van der Waals surface area contributed by atoms with Gasteiger partial charge in [-0.2, -0.15) is 4.98 Å². The summed E-state index contributed by atoms with van der Waals surface area (Å²) in [5.41, 5.74) is 2.33. The highest BCUT2D eigenvalue weighted by atomic mass is 32.2. The van der Waals surface area contributed by atoms with Gasteiger partial charge in [-0.25, -0.2) is 9.78 Å². The molecule has 0 unspecified atom stereocenters. The van der Waals surface area contributed by atoms with Crippen LogP contribution in [0.25, 0.3) is 11.3 Å². The Morgan fingerprint density at radius 3 is 1.90 bits per heavy atom. The molecule has 1 heterocycles. The number of rotatable bonds is 5. The van der Waals surface area contributed by atoms with E-state index < -0.39 is 5.97 Å². The highest BCUT2D eigenvalue weighted by Crippen LogP contribution is 2.27. The predicted molar refractivity (Wildman–Crippen MR) is 115 cm³/mol. The van der Waals surface area contributed by atoms with Crippen LogP contribution in [-0.2, 0) is 0 Å². The average Bonchev–Trinajstić information content (AvgIpc) is 2.80. The number of esters is 1. The zero-order valence-electron chi connectivity index (χ0n) is 15.8. The first-order chi connectivity index (χ1) is 14.7. The largest absolute Gasteiger partial charge is 0.404 e. The number of carbonyl (C=O) groups excluding carboxylic acids is 2. The van der Waals surface area contributed by atoms with Crippen LogP contribution in [0.2, 0.25) is 0 Å². The van der Waals surface area contributed by atoms with E-state index in [1.54, 1.807) is 54.6 Å². The van der Waals surface area contributed by atoms with Gasteiger partial charge in [-0.3, -0.25) is 4.79 Å². The van der Waals surface area contributed by atoms with Crippen LogP contribution in [0.5, 0.6) is 5.88 Å². The summed E-state index contributed by atoms with van der Waals surface area (Å²) >= 11 is 0.890. The van der Waals surface area contributed by atoms with E-state index in [1.807, 2.05) is 42.5 Å². The van der Waals surface area contributed by atoms with Gasteiger partial charge in [0, 0.05) is 17.2 Å². The fourth-order valence-electron chi connectivity index (χ4n) is 2.70. The Hall–Kier alpha value is -3.77. The second-order valence-corrected chi connectivity index (χ2v) is 7.19. The molecule has 4 rings (SSSR count). The van der Waals surface area contributed by atoms with Crippen molar-refractivity contribution < 1.29 is 14.3 Å². The molecule has 5 nitrogen and oxygen atoms in total. The summed E-state index contributed by atoms with van der Waals surface area (Å²) in [5, 5.41) is 0.0159. The zero-order chi connectivity index (χ0) is 20.8. The van der Waals surface area contributed by atoms with Crippen molar-refractivity contribution in [2.24, 2.45) is 0 Å².